The summed E-state index contributed by atoms with van der Waals surface area (Å²) in [4.78, 5) is 0. The summed E-state index contributed by atoms with van der Waals surface area (Å²) in [5.41, 5.74) is 3.90. The van der Waals surface area contributed by atoms with Crippen LogP contribution in [0, 0.1) is 0 Å². The van der Waals surface area contributed by atoms with Gasteiger partial charge in [-0.1, -0.05) is 308 Å². The first-order chi connectivity index (χ1) is 65.4. The minimum absolute atomic E-state index is 0.000854. The number of hydrogen-bond donors (Lipinski definition) is 3. The molecule has 3 nitrogen and oxygen atoms in total. The lowest BCUT2D eigenvalue weighted by molar-refractivity contribution is 1.54. The van der Waals surface area contributed by atoms with Crippen molar-refractivity contribution in [1.29, 1.82) is 0 Å². The molecule has 0 fully saturated rings. The fraction of sp³-hybridized carbons (Fsp3) is 0. The predicted octanol–water partition coefficient (Wildman–Crippen LogP) is 26.1. The topological polar surface area (TPSA) is 36.1 Å². The number of hydrogen-bond acceptors (Lipinski definition) is 3. The van der Waals surface area contributed by atoms with Crippen molar-refractivity contribution in [1.82, 2.24) is 0 Å². The maximum atomic E-state index is 8.74. The molecule has 0 aromatic heterocycles. The van der Waals surface area contributed by atoms with E-state index in [1.165, 1.54) is 24.3 Å². The highest BCUT2D eigenvalue weighted by atomic mass is 14.9. The molecule has 0 aliphatic rings. The second kappa shape index (κ2) is 27.5. The highest BCUT2D eigenvalue weighted by Crippen LogP contribution is 2.36. The monoisotopic (exact) mass is 1260 g/mol. The zero-order valence-electron chi connectivity index (χ0n) is 93.0. The highest BCUT2D eigenvalue weighted by molar-refractivity contribution is 6.00. The summed E-state index contributed by atoms with van der Waals surface area (Å²) in [6.07, 6.45) is 0. The van der Waals surface area contributed by atoms with Crippen molar-refractivity contribution >= 4 is 88.0 Å². The second-order valence-corrected chi connectivity index (χ2v) is 20.5. The van der Waals surface area contributed by atoms with Gasteiger partial charge in [-0.25, -0.2) is 0 Å². The third kappa shape index (κ3) is 13.5. The highest BCUT2D eigenvalue weighted by Gasteiger charge is 2.10. The van der Waals surface area contributed by atoms with E-state index in [4.69, 9.17) is 60.3 Å². The molecule has 0 saturated heterocycles. The Morgan fingerprint density at radius 2 is 0.421 bits per heavy atom. The fourth-order valence-corrected chi connectivity index (χ4v) is 10.00. The molecule has 3 heteroatoms. The molecule has 450 valence electrons. The molecule has 3 N–H and O–H groups in total. The van der Waals surface area contributed by atoms with Crippen molar-refractivity contribution in [3.63, 3.8) is 0 Å². The molecule has 0 amide bonds. The number of rotatable bonds is 12. The van der Waals surface area contributed by atoms with Gasteiger partial charge in [0.05, 0.1) is 60.3 Å². The third-order valence-electron chi connectivity index (χ3n) is 14.6. The summed E-state index contributed by atoms with van der Waals surface area (Å²) in [6.45, 7) is 0. The lowest BCUT2D eigenvalue weighted by Crippen LogP contribution is -1.90. The van der Waals surface area contributed by atoms with Gasteiger partial charge >= 0.3 is 0 Å². The maximum Gasteiger partial charge on any atom is 0.0645 e. The van der Waals surface area contributed by atoms with E-state index < -0.39 is 247 Å². The van der Waals surface area contributed by atoms with Crippen LogP contribution in [0.25, 0.3) is 121 Å². The first-order valence-corrected chi connectivity index (χ1v) is 28.9. The van der Waals surface area contributed by atoms with E-state index in [1.54, 1.807) is 97.1 Å². The first kappa shape index (κ1) is 27.7. The number of benzene rings is 17. The first-order valence-electron chi connectivity index (χ1n) is 50.9. The predicted molar refractivity (Wildman–Crippen MR) is 409 cm³/mol. The Morgan fingerprint density at radius 1 is 0.158 bits per heavy atom. The summed E-state index contributed by atoms with van der Waals surface area (Å²) in [6, 6.07) is 11.0. The molecule has 0 aliphatic carbocycles. The molecule has 0 bridgehead atoms. The van der Waals surface area contributed by atoms with Crippen molar-refractivity contribution in [2.45, 2.75) is 0 Å². The Hall–Kier alpha value is -12.6. The summed E-state index contributed by atoms with van der Waals surface area (Å²) < 4.78 is 364. The lowest BCUT2D eigenvalue weighted by Gasteiger charge is -2.11. The summed E-state index contributed by atoms with van der Waals surface area (Å²) >= 11 is 0. The molecule has 0 heterocycles. The van der Waals surface area contributed by atoms with Gasteiger partial charge in [0.25, 0.3) is 0 Å². The second-order valence-electron chi connectivity index (χ2n) is 20.5. The van der Waals surface area contributed by atoms with E-state index in [0.29, 0.717) is 45.0 Å². The Labute approximate surface area is 617 Å². The van der Waals surface area contributed by atoms with Crippen LogP contribution >= 0.6 is 0 Å². The van der Waals surface area contributed by atoms with Crippen molar-refractivity contribution in [3.8, 4) is 66.8 Å². The zero-order chi connectivity index (χ0) is 102. The smallest absolute Gasteiger partial charge is 0.0645 e. The van der Waals surface area contributed by atoms with Crippen molar-refractivity contribution in [2.24, 2.45) is 0 Å². The zero-order valence-corrected chi connectivity index (χ0v) is 49.0. The number of anilines is 6. The number of fused-ring (bicyclic) bond motifs is 5. The third-order valence-corrected chi connectivity index (χ3v) is 14.6. The molecule has 0 spiro atoms. The standard InChI is InChI=1S/2C32H23N.C28H21N/c1-3-11-29-23(7-1)9-5-13-31(29)25-15-19-27(20-16-25)33-28-21-17-26(18-22-28)32-14-6-10-24-8-2-4-12-30(24)32;1-2-8-27-22-28(13-12-23(27)6-1)24-14-18-29(19-15-24)33-30-20-16-26(17-21-30)32-11-5-9-25-7-3-4-10-31(25)32;1-2-7-21(8-3-1)22-13-17-25(18-14-22)29-26-19-15-24(16-20-26)28-12-6-10-23-9-4-5-11-27(23)28/h2*1-22,33H;1-20,29H/i1D,2D,3D,4D,5D,6D,7D,8D,9D,10D,11D,12D,13D,14D;1D,2D,3D,4D,5D,6D,7D,8D,9D,10D,11D,12D,13D,22D;1D,2D,3D,4D,5D,6D,7D,8D,9D,10D,11D,12D,13D,14D,17D,18D. The van der Waals surface area contributed by atoms with Gasteiger partial charge in [-0.15, -0.1) is 0 Å². The number of nitrogens with one attached hydrogen (secondary N) is 3. The van der Waals surface area contributed by atoms with Gasteiger partial charge in [-0.3, -0.25) is 0 Å². The molecule has 17 aromatic rings. The van der Waals surface area contributed by atoms with Crippen LogP contribution in [0.3, 0.4) is 0 Å². The summed E-state index contributed by atoms with van der Waals surface area (Å²) in [5, 5.41) is 8.28. The summed E-state index contributed by atoms with van der Waals surface area (Å²) in [5.74, 6) is 0. The van der Waals surface area contributed by atoms with E-state index in [-0.39, 0.29) is 129 Å². The van der Waals surface area contributed by atoms with Crippen LogP contribution in [0.1, 0.15) is 60.3 Å². The average molecular weight is 1260 g/mol. The molecule has 0 radical (unpaired) electrons. The SMILES string of the molecule is [2H]c1c([2H])c([2H])c(-c2c([2H])c([2H])c(Nc3ccc(-c4c([2H])c([2H])c([2H])c5c([2H])c([2H])c([2H])c([2H])c45)cc3)c([2H])c2[2H])c([2H])c1[2H].[2H]c1c([2H])c([2H])c2c(-c3ccc(Nc4ccc(-c5c([2H])c([2H])c([2H])c6c([2H])c([2H])c([2H])c([2H])c56)cc4)cc3)c([2H])c([2H])c([2H])c2c1[2H].[2H]c1c([2H])c([2H])c2c([2H])c(-c3ccc(Nc4ccc(-c5c([2H])c([2H])c([2H])c6c([2H])c([2H])c([2H])c([2H])c56)cc4)cc3)c([2H])c([2H])c2c1[2H]. The minimum atomic E-state index is -0.681. The van der Waals surface area contributed by atoms with Crippen LogP contribution in [0.4, 0.5) is 34.1 Å². The Balaban J connectivity index is 0.000000158. The van der Waals surface area contributed by atoms with Crippen LogP contribution in [0.2, 0.25) is 0 Å². The molecule has 17 aromatic carbocycles. The molecule has 17 rings (SSSR count). The Morgan fingerprint density at radius 3 is 0.779 bits per heavy atom. The van der Waals surface area contributed by atoms with E-state index in [0.717, 1.165) is 0 Å². The van der Waals surface area contributed by atoms with Gasteiger partial charge in [0.1, 0.15) is 0 Å². The Bertz CT molecular complexity index is 7930. The lowest BCUT2D eigenvalue weighted by atomic mass is 9.98. The molecule has 0 saturated carbocycles. The average Bonchev–Trinajstić information content (AvgIpc) is 0.737. The van der Waals surface area contributed by atoms with Crippen LogP contribution in [-0.2, 0) is 0 Å². The van der Waals surface area contributed by atoms with E-state index >= 15 is 0 Å². The van der Waals surface area contributed by atoms with Crippen LogP contribution in [0.5, 0.6) is 0 Å². The van der Waals surface area contributed by atoms with E-state index in [9.17, 15) is 0 Å². The molecular weight excluding hydrogens is 1150 g/mol. The van der Waals surface area contributed by atoms with Crippen molar-refractivity contribution in [3.05, 3.63) is 387 Å². The Kier molecular flexibility index (Phi) is 8.02. The summed E-state index contributed by atoms with van der Waals surface area (Å²) in [7, 11) is 0. The minimum Gasteiger partial charge on any atom is -0.356 e. The quantitative estimate of drug-likeness (QED) is 0.114. The van der Waals surface area contributed by atoms with Crippen LogP contribution in [0.15, 0.2) is 387 Å². The van der Waals surface area contributed by atoms with Gasteiger partial charge in [-0.2, -0.15) is 0 Å². The molecule has 0 aliphatic heterocycles. The van der Waals surface area contributed by atoms with Gasteiger partial charge in [0.15, 0.2) is 0 Å². The van der Waals surface area contributed by atoms with E-state index in [2.05, 4.69) is 16.0 Å². The van der Waals surface area contributed by atoms with Gasteiger partial charge < -0.3 is 16.0 Å². The van der Waals surface area contributed by atoms with Crippen molar-refractivity contribution < 1.29 is 60.3 Å². The molecule has 95 heavy (non-hydrogen) atoms. The largest absolute Gasteiger partial charge is 0.356 e. The molecule has 0 unspecified atom stereocenters. The molecular formula is C92H67N3. The van der Waals surface area contributed by atoms with E-state index in [1.807, 2.05) is 0 Å². The van der Waals surface area contributed by atoms with Crippen molar-refractivity contribution in [2.75, 3.05) is 16.0 Å². The van der Waals surface area contributed by atoms with Crippen LogP contribution in [-0.4, -0.2) is 0 Å². The van der Waals surface area contributed by atoms with Gasteiger partial charge in [-0.05, 0) is 199 Å². The molecule has 0 atom stereocenters. The van der Waals surface area contributed by atoms with Gasteiger partial charge in [0, 0.05) is 34.1 Å². The van der Waals surface area contributed by atoms with Crippen LogP contribution < -0.4 is 16.0 Å². The normalized spacial score (nSPS) is 17.4. The van der Waals surface area contributed by atoms with Gasteiger partial charge in [0.2, 0.25) is 0 Å². The maximum absolute atomic E-state index is 8.74. The fourth-order valence-electron chi connectivity index (χ4n) is 10.00.